The molecule has 1 heterocycles. The van der Waals surface area contributed by atoms with Gasteiger partial charge in [-0.15, -0.1) is 0 Å². The van der Waals surface area contributed by atoms with Crippen molar-refractivity contribution < 1.29 is 9.53 Å². The summed E-state index contributed by atoms with van der Waals surface area (Å²) in [4.78, 5) is 15.2. The lowest BCUT2D eigenvalue weighted by Gasteiger charge is -2.32. The van der Waals surface area contributed by atoms with Crippen molar-refractivity contribution in [3.8, 4) is 5.75 Å². The molecule has 5 nitrogen and oxygen atoms in total. The molecule has 0 aromatic heterocycles. The molecule has 1 unspecified atom stereocenters. The molecule has 1 fully saturated rings. The van der Waals surface area contributed by atoms with E-state index in [1.54, 1.807) is 7.11 Å². The van der Waals surface area contributed by atoms with Crippen LogP contribution in [0.2, 0.25) is 0 Å². The van der Waals surface area contributed by atoms with E-state index in [0.29, 0.717) is 13.1 Å². The number of amides is 1. The Morgan fingerprint density at radius 1 is 1.24 bits per heavy atom. The van der Waals surface area contributed by atoms with Crippen LogP contribution < -0.4 is 15.8 Å². The molecular weight excluding hydrogens is 314 g/mol. The fourth-order valence-electron chi connectivity index (χ4n) is 3.67. The monoisotopic (exact) mass is 347 g/mol. The number of nitrogens with one attached hydrogen (secondary N) is 1. The van der Waals surface area contributed by atoms with E-state index in [4.69, 9.17) is 10.5 Å². The van der Waals surface area contributed by atoms with Gasteiger partial charge in [0.25, 0.3) is 0 Å². The molecule has 0 bridgehead atoms. The normalized spacial score (nSPS) is 16.6. The molecule has 3 N–H and O–H groups in total. The second-order valence-electron chi connectivity index (χ2n) is 6.93. The first-order valence-electron chi connectivity index (χ1n) is 9.46. The minimum Gasteiger partial charge on any atom is -0.497 e. The summed E-state index contributed by atoms with van der Waals surface area (Å²) in [6.45, 7) is 7.25. The third-order valence-corrected chi connectivity index (χ3v) is 5.76. The molecule has 25 heavy (non-hydrogen) atoms. The van der Waals surface area contributed by atoms with E-state index in [2.05, 4.69) is 22.3 Å². The smallest absolute Gasteiger partial charge is 0.227 e. The van der Waals surface area contributed by atoms with Crippen molar-refractivity contribution in [2.24, 2.45) is 11.1 Å². The number of methoxy groups -OCH3 is 1. The largest absolute Gasteiger partial charge is 0.497 e. The summed E-state index contributed by atoms with van der Waals surface area (Å²) < 4.78 is 5.26. The summed E-state index contributed by atoms with van der Waals surface area (Å²) >= 11 is 0. The van der Waals surface area contributed by atoms with Gasteiger partial charge in [-0.05, 0) is 56.5 Å². The Bertz CT molecular complexity index is 526. The number of nitrogens with zero attached hydrogens (tertiary/aromatic N) is 1. The highest BCUT2D eigenvalue weighted by atomic mass is 16.5. The minimum absolute atomic E-state index is 0.0812. The number of likely N-dealkylation sites (tertiary alicyclic amines) is 1. The number of nitrogens with two attached hydrogens (primary N) is 1. The fraction of sp³-hybridized carbons (Fsp3) is 0.650. The molecule has 1 aromatic rings. The molecular formula is C20H33N3O2. The van der Waals surface area contributed by atoms with Gasteiger partial charge >= 0.3 is 0 Å². The lowest BCUT2D eigenvalue weighted by Crippen LogP contribution is -2.47. The number of rotatable bonds is 9. The van der Waals surface area contributed by atoms with Crippen molar-refractivity contribution in [3.05, 3.63) is 29.8 Å². The van der Waals surface area contributed by atoms with E-state index < -0.39 is 5.41 Å². The highest BCUT2D eigenvalue weighted by Crippen LogP contribution is 2.28. The second kappa shape index (κ2) is 9.20. The number of benzene rings is 1. The van der Waals surface area contributed by atoms with Crippen LogP contribution in [0.25, 0.3) is 0 Å². The zero-order valence-electron chi connectivity index (χ0n) is 15.9. The van der Waals surface area contributed by atoms with E-state index in [1.165, 1.54) is 18.4 Å². The topological polar surface area (TPSA) is 67.6 Å². The quantitative estimate of drug-likeness (QED) is 0.721. The van der Waals surface area contributed by atoms with Crippen LogP contribution in [0.4, 0.5) is 0 Å². The van der Waals surface area contributed by atoms with Crippen molar-refractivity contribution in [3.63, 3.8) is 0 Å². The van der Waals surface area contributed by atoms with Gasteiger partial charge in [0.2, 0.25) is 5.91 Å². The maximum atomic E-state index is 12.8. The number of carbonyl (C=O) groups excluding carboxylic acids is 1. The Morgan fingerprint density at radius 3 is 2.32 bits per heavy atom. The lowest BCUT2D eigenvalue weighted by molar-refractivity contribution is -0.131. The van der Waals surface area contributed by atoms with E-state index in [0.717, 1.165) is 31.7 Å². The third kappa shape index (κ3) is 4.53. The van der Waals surface area contributed by atoms with Crippen molar-refractivity contribution in [2.45, 2.75) is 45.6 Å². The standard InChI is InChI=1S/C20H33N3O2/c1-4-20(5-2,15-21)19(24)22-14-18(23-12-6-7-13-23)16-8-10-17(25-3)11-9-16/h8-11,18H,4-7,12-15,21H2,1-3H3,(H,22,24). The van der Waals surface area contributed by atoms with Gasteiger partial charge in [0.05, 0.1) is 18.6 Å². The van der Waals surface area contributed by atoms with Crippen LogP contribution in [0.1, 0.15) is 51.1 Å². The Labute approximate surface area is 151 Å². The molecule has 1 saturated heterocycles. The fourth-order valence-corrected chi connectivity index (χ4v) is 3.67. The Balaban J connectivity index is 2.12. The average Bonchev–Trinajstić information content (AvgIpc) is 3.19. The Hall–Kier alpha value is -1.59. The predicted molar refractivity (Wildman–Crippen MR) is 102 cm³/mol. The van der Waals surface area contributed by atoms with Crippen LogP contribution >= 0.6 is 0 Å². The first kappa shape index (κ1) is 19.7. The molecule has 140 valence electrons. The summed E-state index contributed by atoms with van der Waals surface area (Å²) in [7, 11) is 1.68. The Morgan fingerprint density at radius 2 is 1.84 bits per heavy atom. The van der Waals surface area contributed by atoms with Crippen molar-refractivity contribution >= 4 is 5.91 Å². The van der Waals surface area contributed by atoms with Crippen LogP contribution in [0.3, 0.4) is 0 Å². The van der Waals surface area contributed by atoms with Gasteiger partial charge in [-0.3, -0.25) is 9.69 Å². The first-order valence-corrected chi connectivity index (χ1v) is 9.46. The minimum atomic E-state index is -0.449. The van der Waals surface area contributed by atoms with E-state index in [9.17, 15) is 4.79 Å². The molecule has 0 aliphatic carbocycles. The van der Waals surface area contributed by atoms with Crippen LogP contribution in [-0.2, 0) is 4.79 Å². The van der Waals surface area contributed by atoms with Gasteiger partial charge < -0.3 is 15.8 Å². The lowest BCUT2D eigenvalue weighted by atomic mass is 9.81. The maximum Gasteiger partial charge on any atom is 0.227 e. The molecule has 2 rings (SSSR count). The number of carbonyl (C=O) groups is 1. The van der Waals surface area contributed by atoms with Crippen molar-refractivity contribution in [1.82, 2.24) is 10.2 Å². The van der Waals surface area contributed by atoms with E-state index >= 15 is 0 Å². The molecule has 0 radical (unpaired) electrons. The van der Waals surface area contributed by atoms with E-state index in [1.807, 2.05) is 26.0 Å². The van der Waals surface area contributed by atoms with Crippen LogP contribution in [-0.4, -0.2) is 44.1 Å². The van der Waals surface area contributed by atoms with Gasteiger partial charge in [-0.1, -0.05) is 26.0 Å². The second-order valence-corrected chi connectivity index (χ2v) is 6.93. The van der Waals surface area contributed by atoms with Crippen LogP contribution in [0, 0.1) is 5.41 Å². The highest BCUT2D eigenvalue weighted by molar-refractivity contribution is 5.82. The van der Waals surface area contributed by atoms with Crippen LogP contribution in [0.15, 0.2) is 24.3 Å². The number of hydrogen-bond donors (Lipinski definition) is 2. The molecule has 1 aliphatic heterocycles. The van der Waals surface area contributed by atoms with Gasteiger partial charge in [0, 0.05) is 13.1 Å². The van der Waals surface area contributed by atoms with E-state index in [-0.39, 0.29) is 11.9 Å². The summed E-state index contributed by atoms with van der Waals surface area (Å²) in [5, 5.41) is 3.19. The maximum absolute atomic E-state index is 12.8. The van der Waals surface area contributed by atoms with Gasteiger partial charge in [-0.2, -0.15) is 0 Å². The molecule has 0 spiro atoms. The summed E-state index contributed by atoms with van der Waals surface area (Å²) in [5.41, 5.74) is 6.68. The summed E-state index contributed by atoms with van der Waals surface area (Å²) in [5.74, 6) is 0.935. The van der Waals surface area contributed by atoms with Gasteiger partial charge in [-0.25, -0.2) is 0 Å². The average molecular weight is 348 g/mol. The SMILES string of the molecule is CCC(CC)(CN)C(=O)NCC(c1ccc(OC)cc1)N1CCCC1. The predicted octanol–water partition coefficient (Wildman–Crippen LogP) is 2.71. The highest BCUT2D eigenvalue weighted by Gasteiger charge is 2.34. The molecule has 0 saturated carbocycles. The van der Waals surface area contributed by atoms with Gasteiger partial charge in [0.1, 0.15) is 5.75 Å². The zero-order valence-corrected chi connectivity index (χ0v) is 15.9. The first-order chi connectivity index (χ1) is 12.1. The molecule has 1 aromatic carbocycles. The third-order valence-electron chi connectivity index (χ3n) is 5.76. The molecule has 1 amide bonds. The van der Waals surface area contributed by atoms with Gasteiger partial charge in [0.15, 0.2) is 0 Å². The number of hydrogen-bond acceptors (Lipinski definition) is 4. The molecule has 1 aliphatic rings. The summed E-state index contributed by atoms with van der Waals surface area (Å²) in [6.07, 6.45) is 3.97. The van der Waals surface area contributed by atoms with Crippen LogP contribution in [0.5, 0.6) is 5.75 Å². The van der Waals surface area contributed by atoms with Crippen molar-refractivity contribution in [2.75, 3.05) is 33.3 Å². The zero-order chi connectivity index (χ0) is 18.3. The molecule has 1 atom stereocenters. The molecule has 5 heteroatoms. The number of ether oxygens (including phenoxy) is 1. The van der Waals surface area contributed by atoms with Crippen molar-refractivity contribution in [1.29, 1.82) is 0 Å². The Kier molecular flexibility index (Phi) is 7.26. The summed E-state index contributed by atoms with van der Waals surface area (Å²) in [6, 6.07) is 8.38.